The van der Waals surface area contributed by atoms with Crippen LogP contribution in [0.1, 0.15) is 27.7 Å². The van der Waals surface area contributed by atoms with Crippen LogP contribution in [0.4, 0.5) is 0 Å². The molecule has 0 radical (unpaired) electrons. The summed E-state index contributed by atoms with van der Waals surface area (Å²) < 4.78 is 0. The average Bonchev–Trinajstić information content (AvgIpc) is 1.87. The van der Waals surface area contributed by atoms with Crippen molar-refractivity contribution in [1.29, 1.82) is 0 Å². The van der Waals surface area contributed by atoms with Gasteiger partial charge in [0.2, 0.25) is 0 Å². The fourth-order valence-electron chi connectivity index (χ4n) is 0.423. The van der Waals surface area contributed by atoms with Crippen LogP contribution in [0.15, 0.2) is 0 Å². The van der Waals surface area contributed by atoms with Gasteiger partial charge in [-0.25, -0.2) is 0 Å². The highest BCUT2D eigenvalue weighted by atomic mass is 16.4. The number of rotatable bonds is 3. The Balaban J connectivity index is 4.81. The molecule has 64 valence electrons. The maximum Gasteiger partial charge on any atom is 0.310 e. The maximum atomic E-state index is 10.7. The van der Waals surface area contributed by atoms with Gasteiger partial charge in [0.05, 0.1) is 5.41 Å². The number of carbonyl (C=O) groups excluding carboxylic acids is 1. The van der Waals surface area contributed by atoms with Gasteiger partial charge in [0.25, 0.3) is 0 Å². The molecule has 0 saturated carbocycles. The summed E-state index contributed by atoms with van der Waals surface area (Å²) in [5, 5.41) is 8.75. The third-order valence-electron chi connectivity index (χ3n) is 2.44. The molecule has 0 bridgehead atoms. The zero-order valence-electron chi connectivity index (χ0n) is 7.34. The highest BCUT2D eigenvalue weighted by molar-refractivity contribution is 5.80. The number of hydrogen-bond donors (Lipinski definition) is 1. The molecule has 0 amide bonds. The summed E-state index contributed by atoms with van der Waals surface area (Å²) in [5.74, 6) is -0.949. The molecular formula is C8H14O3. The lowest BCUT2D eigenvalue weighted by Gasteiger charge is -2.32. The molecule has 0 spiro atoms. The van der Waals surface area contributed by atoms with E-state index in [1.54, 1.807) is 27.7 Å². The zero-order chi connectivity index (χ0) is 9.28. The summed E-state index contributed by atoms with van der Waals surface area (Å²) >= 11 is 0. The first kappa shape index (κ1) is 10.1. The SMILES string of the molecule is CC(C)(C=O)C(C)(C)C(=O)O. The van der Waals surface area contributed by atoms with Gasteiger partial charge in [-0.1, -0.05) is 13.8 Å². The smallest absolute Gasteiger partial charge is 0.310 e. The monoisotopic (exact) mass is 158 g/mol. The molecule has 0 aromatic rings. The molecule has 0 saturated heterocycles. The number of carboxylic acid groups (broad SMARTS) is 1. The molecular weight excluding hydrogens is 144 g/mol. The van der Waals surface area contributed by atoms with Gasteiger partial charge in [-0.3, -0.25) is 4.79 Å². The van der Waals surface area contributed by atoms with Gasteiger partial charge in [-0.05, 0) is 13.8 Å². The molecule has 0 aromatic heterocycles. The van der Waals surface area contributed by atoms with Crippen molar-refractivity contribution in [3.63, 3.8) is 0 Å². The molecule has 0 fully saturated rings. The van der Waals surface area contributed by atoms with Crippen LogP contribution in [0.5, 0.6) is 0 Å². The van der Waals surface area contributed by atoms with Crippen LogP contribution in [-0.4, -0.2) is 17.4 Å². The van der Waals surface area contributed by atoms with Crippen molar-refractivity contribution in [2.24, 2.45) is 10.8 Å². The molecule has 0 aliphatic heterocycles. The Morgan fingerprint density at radius 1 is 1.27 bits per heavy atom. The minimum Gasteiger partial charge on any atom is -0.481 e. The standard InChI is InChI=1S/C8H14O3/c1-7(2,5-9)8(3,4)6(10)11/h5H,1-4H3,(H,10,11). The van der Waals surface area contributed by atoms with Crippen LogP contribution in [0.25, 0.3) is 0 Å². The lowest BCUT2D eigenvalue weighted by atomic mass is 9.69. The summed E-state index contributed by atoms with van der Waals surface area (Å²) in [7, 11) is 0. The van der Waals surface area contributed by atoms with Crippen molar-refractivity contribution in [2.75, 3.05) is 0 Å². The van der Waals surface area contributed by atoms with Gasteiger partial charge in [0.1, 0.15) is 6.29 Å². The van der Waals surface area contributed by atoms with Gasteiger partial charge in [-0.15, -0.1) is 0 Å². The molecule has 3 heteroatoms. The van der Waals surface area contributed by atoms with Crippen molar-refractivity contribution >= 4 is 12.3 Å². The van der Waals surface area contributed by atoms with E-state index in [4.69, 9.17) is 5.11 Å². The van der Waals surface area contributed by atoms with Crippen molar-refractivity contribution < 1.29 is 14.7 Å². The minimum atomic E-state index is -1.01. The van der Waals surface area contributed by atoms with Crippen LogP contribution in [-0.2, 0) is 9.59 Å². The van der Waals surface area contributed by atoms with Gasteiger partial charge < -0.3 is 9.90 Å². The number of aliphatic carboxylic acids is 1. The third-order valence-corrected chi connectivity index (χ3v) is 2.44. The summed E-state index contributed by atoms with van der Waals surface area (Å²) in [6.45, 7) is 6.33. The van der Waals surface area contributed by atoms with Crippen LogP contribution in [0.2, 0.25) is 0 Å². The average molecular weight is 158 g/mol. The quantitative estimate of drug-likeness (QED) is 0.630. The number of aldehydes is 1. The van der Waals surface area contributed by atoms with Crippen molar-refractivity contribution in [2.45, 2.75) is 27.7 Å². The first-order valence-electron chi connectivity index (χ1n) is 3.45. The van der Waals surface area contributed by atoms with Crippen molar-refractivity contribution in [1.82, 2.24) is 0 Å². The van der Waals surface area contributed by atoms with Gasteiger partial charge in [0.15, 0.2) is 0 Å². The Labute approximate surface area is 66.4 Å². The Morgan fingerprint density at radius 2 is 1.64 bits per heavy atom. The second kappa shape index (κ2) is 2.64. The molecule has 0 aliphatic rings. The van der Waals surface area contributed by atoms with Gasteiger partial charge in [-0.2, -0.15) is 0 Å². The predicted octanol–water partition coefficient (Wildman–Crippen LogP) is 1.32. The normalized spacial score (nSPS) is 12.7. The largest absolute Gasteiger partial charge is 0.481 e. The molecule has 0 unspecified atom stereocenters. The molecule has 0 aliphatic carbocycles. The van der Waals surface area contributed by atoms with Crippen molar-refractivity contribution in [3.05, 3.63) is 0 Å². The first-order valence-corrected chi connectivity index (χ1v) is 3.45. The molecule has 11 heavy (non-hydrogen) atoms. The highest BCUT2D eigenvalue weighted by Crippen LogP contribution is 2.36. The molecule has 1 N–H and O–H groups in total. The fraction of sp³-hybridized carbons (Fsp3) is 0.750. The summed E-state index contributed by atoms with van der Waals surface area (Å²) in [6, 6.07) is 0. The Morgan fingerprint density at radius 3 is 1.73 bits per heavy atom. The lowest BCUT2D eigenvalue weighted by Crippen LogP contribution is -2.40. The fourth-order valence-corrected chi connectivity index (χ4v) is 0.423. The van der Waals surface area contributed by atoms with Gasteiger partial charge >= 0.3 is 5.97 Å². The van der Waals surface area contributed by atoms with E-state index in [1.807, 2.05) is 0 Å². The first-order chi connectivity index (χ1) is 4.75. The highest BCUT2D eigenvalue weighted by Gasteiger charge is 2.43. The predicted molar refractivity (Wildman–Crippen MR) is 41.3 cm³/mol. The summed E-state index contributed by atoms with van der Waals surface area (Å²) in [4.78, 5) is 21.2. The topological polar surface area (TPSA) is 54.4 Å². The minimum absolute atomic E-state index is 0.682. The lowest BCUT2D eigenvalue weighted by molar-refractivity contribution is -0.155. The molecule has 0 atom stereocenters. The molecule has 0 rings (SSSR count). The van der Waals surface area contributed by atoms with E-state index in [0.717, 1.165) is 0 Å². The number of hydrogen-bond acceptors (Lipinski definition) is 2. The summed E-state index contributed by atoms with van der Waals surface area (Å²) in [6.07, 6.45) is 0.682. The zero-order valence-corrected chi connectivity index (χ0v) is 7.34. The molecule has 0 heterocycles. The Bertz CT molecular complexity index is 180. The molecule has 3 nitrogen and oxygen atoms in total. The third kappa shape index (κ3) is 1.59. The number of carboxylic acids is 1. The van der Waals surface area contributed by atoms with E-state index < -0.39 is 16.8 Å². The van der Waals surface area contributed by atoms with E-state index in [2.05, 4.69) is 0 Å². The van der Waals surface area contributed by atoms with E-state index in [0.29, 0.717) is 6.29 Å². The second-order valence-corrected chi connectivity index (χ2v) is 3.77. The van der Waals surface area contributed by atoms with E-state index in [9.17, 15) is 9.59 Å². The molecule has 0 aromatic carbocycles. The maximum absolute atomic E-state index is 10.7. The van der Waals surface area contributed by atoms with Gasteiger partial charge in [0, 0.05) is 5.41 Å². The number of carbonyl (C=O) groups is 2. The van der Waals surface area contributed by atoms with Crippen LogP contribution >= 0.6 is 0 Å². The van der Waals surface area contributed by atoms with Crippen LogP contribution < -0.4 is 0 Å². The van der Waals surface area contributed by atoms with Crippen molar-refractivity contribution in [3.8, 4) is 0 Å². The van der Waals surface area contributed by atoms with E-state index in [-0.39, 0.29) is 0 Å². The summed E-state index contributed by atoms with van der Waals surface area (Å²) in [5.41, 5.74) is -1.83. The second-order valence-electron chi connectivity index (χ2n) is 3.77. The Kier molecular flexibility index (Phi) is 2.44. The van der Waals surface area contributed by atoms with E-state index in [1.165, 1.54) is 0 Å². The van der Waals surface area contributed by atoms with Crippen LogP contribution in [0.3, 0.4) is 0 Å². The van der Waals surface area contributed by atoms with Crippen LogP contribution in [0, 0.1) is 10.8 Å². The Hall–Kier alpha value is -0.860. The van der Waals surface area contributed by atoms with E-state index >= 15 is 0 Å².